The van der Waals surface area contributed by atoms with Crippen LogP contribution < -0.4 is 10.1 Å². The predicted octanol–water partition coefficient (Wildman–Crippen LogP) is 3.47. The molecule has 0 aliphatic heterocycles. The van der Waals surface area contributed by atoms with Crippen molar-refractivity contribution in [2.45, 2.75) is 19.4 Å². The maximum Gasteiger partial charge on any atom is 0.224 e. The van der Waals surface area contributed by atoms with Crippen LogP contribution >= 0.6 is 0 Å². The van der Waals surface area contributed by atoms with Crippen LogP contribution in [0.25, 0.3) is 11.1 Å². The molecule has 3 aromatic rings. The summed E-state index contributed by atoms with van der Waals surface area (Å²) in [5.74, 6) is 1.16. The van der Waals surface area contributed by atoms with Crippen molar-refractivity contribution in [2.75, 3.05) is 6.61 Å². The van der Waals surface area contributed by atoms with Crippen LogP contribution in [0.2, 0.25) is 0 Å². The molecule has 2 aromatic carbocycles. The zero-order valence-electron chi connectivity index (χ0n) is 12.9. The average molecular weight is 310 g/mol. The standard InChI is InChI=1S/C18H18N2O3/c1-13(18-20-15-9-5-6-10-16(15)23-18)19-17(21)11-12-22-14-7-3-2-4-8-14/h2-10,13H,11-12H2,1H3,(H,19,21). The van der Waals surface area contributed by atoms with E-state index in [1.165, 1.54) is 0 Å². The quantitative estimate of drug-likeness (QED) is 0.757. The van der Waals surface area contributed by atoms with E-state index in [1.54, 1.807) is 0 Å². The van der Waals surface area contributed by atoms with E-state index in [4.69, 9.17) is 9.15 Å². The van der Waals surface area contributed by atoms with Gasteiger partial charge in [0.25, 0.3) is 0 Å². The molecule has 1 unspecified atom stereocenters. The lowest BCUT2D eigenvalue weighted by atomic mass is 10.3. The molecule has 1 aromatic heterocycles. The van der Waals surface area contributed by atoms with Gasteiger partial charge in [-0.15, -0.1) is 0 Å². The highest BCUT2D eigenvalue weighted by Crippen LogP contribution is 2.19. The van der Waals surface area contributed by atoms with Gasteiger partial charge in [0.15, 0.2) is 5.58 Å². The Bertz CT molecular complexity index is 750. The number of aromatic nitrogens is 1. The van der Waals surface area contributed by atoms with E-state index in [-0.39, 0.29) is 18.4 Å². The zero-order chi connectivity index (χ0) is 16.1. The first-order valence-electron chi connectivity index (χ1n) is 7.55. The maximum absolute atomic E-state index is 12.0. The summed E-state index contributed by atoms with van der Waals surface area (Å²) in [5, 5.41) is 2.87. The molecule has 0 saturated heterocycles. The Morgan fingerprint density at radius 3 is 2.70 bits per heavy atom. The Morgan fingerprint density at radius 2 is 1.91 bits per heavy atom. The fourth-order valence-corrected chi connectivity index (χ4v) is 2.23. The van der Waals surface area contributed by atoms with Gasteiger partial charge >= 0.3 is 0 Å². The first kappa shape index (κ1) is 15.1. The number of fused-ring (bicyclic) bond motifs is 1. The van der Waals surface area contributed by atoms with Gasteiger partial charge in [-0.3, -0.25) is 4.79 Å². The third-order valence-corrected chi connectivity index (χ3v) is 3.40. The number of oxazole rings is 1. The van der Waals surface area contributed by atoms with Crippen LogP contribution in [0.5, 0.6) is 5.75 Å². The lowest BCUT2D eigenvalue weighted by molar-refractivity contribution is -0.122. The minimum atomic E-state index is -0.286. The number of ether oxygens (including phenoxy) is 1. The Kier molecular flexibility index (Phi) is 4.57. The number of para-hydroxylation sites is 3. The summed E-state index contributed by atoms with van der Waals surface area (Å²) in [6, 6.07) is 16.7. The molecule has 0 spiro atoms. The zero-order valence-corrected chi connectivity index (χ0v) is 12.9. The molecule has 0 fully saturated rings. The highest BCUT2D eigenvalue weighted by molar-refractivity contribution is 5.76. The fourth-order valence-electron chi connectivity index (χ4n) is 2.23. The molecular weight excluding hydrogens is 292 g/mol. The summed E-state index contributed by atoms with van der Waals surface area (Å²) in [5.41, 5.74) is 1.51. The largest absolute Gasteiger partial charge is 0.493 e. The van der Waals surface area contributed by atoms with Crippen molar-refractivity contribution in [3.8, 4) is 5.75 Å². The first-order valence-corrected chi connectivity index (χ1v) is 7.55. The number of hydrogen-bond acceptors (Lipinski definition) is 4. The van der Waals surface area contributed by atoms with Crippen molar-refractivity contribution in [1.82, 2.24) is 10.3 Å². The van der Waals surface area contributed by atoms with Crippen LogP contribution in [-0.4, -0.2) is 17.5 Å². The van der Waals surface area contributed by atoms with E-state index in [1.807, 2.05) is 61.5 Å². The number of carbonyl (C=O) groups excluding carboxylic acids is 1. The normalized spacial score (nSPS) is 12.0. The van der Waals surface area contributed by atoms with Crippen LogP contribution in [0.15, 0.2) is 59.0 Å². The monoisotopic (exact) mass is 310 g/mol. The molecule has 0 bridgehead atoms. The summed E-state index contributed by atoms with van der Waals surface area (Å²) in [6.07, 6.45) is 0.277. The molecule has 118 valence electrons. The molecule has 0 radical (unpaired) electrons. The molecule has 5 heteroatoms. The summed E-state index contributed by atoms with van der Waals surface area (Å²) in [6.45, 7) is 2.18. The predicted molar refractivity (Wildman–Crippen MR) is 87.1 cm³/mol. The minimum absolute atomic E-state index is 0.101. The smallest absolute Gasteiger partial charge is 0.224 e. The molecule has 3 rings (SSSR count). The lowest BCUT2D eigenvalue weighted by Gasteiger charge is -2.11. The minimum Gasteiger partial charge on any atom is -0.493 e. The van der Waals surface area contributed by atoms with Gasteiger partial charge in [0.05, 0.1) is 13.0 Å². The third kappa shape index (κ3) is 3.88. The Balaban J connectivity index is 1.51. The molecule has 1 atom stereocenters. The SMILES string of the molecule is CC(NC(=O)CCOc1ccccc1)c1nc2ccccc2o1. The second kappa shape index (κ2) is 6.96. The molecular formula is C18H18N2O3. The van der Waals surface area contributed by atoms with Gasteiger partial charge in [0, 0.05) is 0 Å². The molecule has 0 aliphatic carbocycles. The van der Waals surface area contributed by atoms with Crippen molar-refractivity contribution in [3.05, 3.63) is 60.5 Å². The van der Waals surface area contributed by atoms with Gasteiger partial charge in [-0.2, -0.15) is 0 Å². The van der Waals surface area contributed by atoms with Crippen LogP contribution in [-0.2, 0) is 4.79 Å². The molecule has 1 heterocycles. The number of nitrogens with zero attached hydrogens (tertiary/aromatic N) is 1. The Labute approximate surface area is 134 Å². The highest BCUT2D eigenvalue weighted by atomic mass is 16.5. The second-order valence-electron chi connectivity index (χ2n) is 5.22. The molecule has 0 aliphatic rings. The van der Waals surface area contributed by atoms with Crippen LogP contribution in [0, 0.1) is 0 Å². The number of hydrogen-bond donors (Lipinski definition) is 1. The summed E-state index contributed by atoms with van der Waals surface area (Å²) < 4.78 is 11.2. The summed E-state index contributed by atoms with van der Waals surface area (Å²) in [7, 11) is 0. The van der Waals surface area contributed by atoms with Crippen molar-refractivity contribution < 1.29 is 13.9 Å². The topological polar surface area (TPSA) is 64.4 Å². The number of nitrogens with one attached hydrogen (secondary N) is 1. The van der Waals surface area contributed by atoms with Crippen molar-refractivity contribution in [3.63, 3.8) is 0 Å². The van der Waals surface area contributed by atoms with E-state index in [0.29, 0.717) is 12.5 Å². The van der Waals surface area contributed by atoms with Crippen molar-refractivity contribution in [1.29, 1.82) is 0 Å². The molecule has 23 heavy (non-hydrogen) atoms. The van der Waals surface area contributed by atoms with Crippen molar-refractivity contribution >= 4 is 17.0 Å². The number of carbonyl (C=O) groups is 1. The third-order valence-electron chi connectivity index (χ3n) is 3.40. The maximum atomic E-state index is 12.0. The number of benzene rings is 2. The van der Waals surface area contributed by atoms with E-state index >= 15 is 0 Å². The van der Waals surface area contributed by atoms with Gasteiger partial charge in [-0.05, 0) is 31.2 Å². The summed E-state index contributed by atoms with van der Waals surface area (Å²) >= 11 is 0. The Morgan fingerprint density at radius 1 is 1.17 bits per heavy atom. The molecule has 5 nitrogen and oxygen atoms in total. The second-order valence-corrected chi connectivity index (χ2v) is 5.22. The van der Waals surface area contributed by atoms with Gasteiger partial charge in [-0.25, -0.2) is 4.98 Å². The van der Waals surface area contributed by atoms with Gasteiger partial charge in [0.1, 0.15) is 17.3 Å². The highest BCUT2D eigenvalue weighted by Gasteiger charge is 2.15. The molecule has 1 amide bonds. The van der Waals surface area contributed by atoms with Gasteiger partial charge in [-0.1, -0.05) is 30.3 Å². The average Bonchev–Trinajstić information content (AvgIpc) is 3.00. The van der Waals surface area contributed by atoms with Crippen LogP contribution in [0.1, 0.15) is 25.3 Å². The molecule has 1 N–H and O–H groups in total. The Hall–Kier alpha value is -2.82. The molecule has 0 saturated carbocycles. The van der Waals surface area contributed by atoms with E-state index < -0.39 is 0 Å². The number of amides is 1. The van der Waals surface area contributed by atoms with Gasteiger partial charge < -0.3 is 14.5 Å². The number of rotatable bonds is 6. The first-order chi connectivity index (χ1) is 11.2. The van der Waals surface area contributed by atoms with Crippen LogP contribution in [0.4, 0.5) is 0 Å². The van der Waals surface area contributed by atoms with E-state index in [9.17, 15) is 4.79 Å². The van der Waals surface area contributed by atoms with E-state index in [0.717, 1.165) is 16.8 Å². The fraction of sp³-hybridized carbons (Fsp3) is 0.222. The summed E-state index contributed by atoms with van der Waals surface area (Å²) in [4.78, 5) is 16.4. The van der Waals surface area contributed by atoms with Crippen molar-refractivity contribution in [2.24, 2.45) is 0 Å². The van der Waals surface area contributed by atoms with Gasteiger partial charge in [0.2, 0.25) is 11.8 Å². The van der Waals surface area contributed by atoms with Crippen LogP contribution in [0.3, 0.4) is 0 Å². The van der Waals surface area contributed by atoms with E-state index in [2.05, 4.69) is 10.3 Å². The lowest BCUT2D eigenvalue weighted by Crippen LogP contribution is -2.28.